The van der Waals surface area contributed by atoms with Gasteiger partial charge in [-0.2, -0.15) is 0 Å². The number of aromatic nitrogens is 5. The summed E-state index contributed by atoms with van der Waals surface area (Å²) >= 11 is 0. The molecular formula is C13H14N5O6P. The first kappa shape index (κ1) is 15.4. The van der Waals surface area contributed by atoms with Gasteiger partial charge in [0.15, 0.2) is 23.0 Å². The Morgan fingerprint density at radius 3 is 3.04 bits per heavy atom. The van der Waals surface area contributed by atoms with Crippen LogP contribution in [0.4, 0.5) is 0 Å². The van der Waals surface area contributed by atoms with Gasteiger partial charge in [0.1, 0.15) is 24.1 Å². The molecule has 5 heterocycles. The zero-order valence-corrected chi connectivity index (χ0v) is 13.9. The minimum Gasteiger partial charge on any atom is -0.386 e. The van der Waals surface area contributed by atoms with Crippen LogP contribution in [0, 0.1) is 6.92 Å². The van der Waals surface area contributed by atoms with E-state index < -0.39 is 32.4 Å². The zero-order chi connectivity index (χ0) is 17.3. The smallest absolute Gasteiger partial charge is 0.386 e. The molecule has 2 aliphatic heterocycles. The zero-order valence-electron chi connectivity index (χ0n) is 13.0. The van der Waals surface area contributed by atoms with Crippen LogP contribution in [0.2, 0.25) is 0 Å². The SMILES string of the molecule is Cc1nc2c(ncn2C2OC3COP(=O)(O)OC3C2O)c2nccn12. The lowest BCUT2D eigenvalue weighted by Crippen LogP contribution is -2.39. The van der Waals surface area contributed by atoms with Gasteiger partial charge in [-0.25, -0.2) is 19.5 Å². The van der Waals surface area contributed by atoms with E-state index in [1.807, 2.05) is 11.3 Å². The molecule has 25 heavy (non-hydrogen) atoms. The standard InChI is InChI=1S/C13H14N5O6P/c1-6-16-12-8(11-14-2-3-17(6)11)15-5-18(12)13-9(19)10-7(23-13)4-22-25(20,21)24-10/h2-3,5,7,9-10,13,19H,4H2,1H3,(H,20,21). The molecule has 2 aliphatic rings. The number of hydrogen-bond acceptors (Lipinski definition) is 8. The fourth-order valence-electron chi connectivity index (χ4n) is 3.32. The molecule has 2 N–H and O–H groups in total. The molecule has 12 heteroatoms. The molecule has 132 valence electrons. The lowest BCUT2D eigenvalue weighted by Gasteiger charge is -2.27. The summed E-state index contributed by atoms with van der Waals surface area (Å²) in [6.45, 7) is 1.69. The Labute approximate surface area is 140 Å². The van der Waals surface area contributed by atoms with Crippen molar-refractivity contribution < 1.29 is 28.3 Å². The van der Waals surface area contributed by atoms with E-state index in [1.54, 1.807) is 17.0 Å². The highest BCUT2D eigenvalue weighted by atomic mass is 31.2. The monoisotopic (exact) mass is 367 g/mol. The van der Waals surface area contributed by atoms with Crippen LogP contribution in [0.1, 0.15) is 12.1 Å². The maximum atomic E-state index is 11.6. The van der Waals surface area contributed by atoms with Crippen molar-refractivity contribution in [2.45, 2.75) is 31.5 Å². The Morgan fingerprint density at radius 2 is 2.20 bits per heavy atom. The maximum absolute atomic E-state index is 11.6. The molecule has 0 spiro atoms. The summed E-state index contributed by atoms with van der Waals surface area (Å²) in [6.07, 6.45) is 1.26. The van der Waals surface area contributed by atoms with E-state index in [9.17, 15) is 14.6 Å². The Balaban J connectivity index is 1.60. The number of hydrogen-bond donors (Lipinski definition) is 2. The van der Waals surface area contributed by atoms with Crippen LogP contribution in [0.3, 0.4) is 0 Å². The first-order chi connectivity index (χ1) is 11.9. The van der Waals surface area contributed by atoms with Gasteiger partial charge in [-0.05, 0) is 6.92 Å². The molecule has 5 unspecified atom stereocenters. The number of phosphoric acid groups is 1. The fraction of sp³-hybridized carbons (Fsp3) is 0.462. The summed E-state index contributed by atoms with van der Waals surface area (Å²) in [5.74, 6) is 0.700. The first-order valence-electron chi connectivity index (χ1n) is 7.60. The van der Waals surface area contributed by atoms with Gasteiger partial charge in [-0.3, -0.25) is 18.0 Å². The molecule has 0 bridgehead atoms. The van der Waals surface area contributed by atoms with Crippen molar-refractivity contribution in [3.05, 3.63) is 24.5 Å². The summed E-state index contributed by atoms with van der Waals surface area (Å²) in [6, 6.07) is 0. The molecule has 5 atom stereocenters. The second kappa shape index (κ2) is 5.07. The van der Waals surface area contributed by atoms with E-state index in [4.69, 9.17) is 13.8 Å². The third-order valence-corrected chi connectivity index (χ3v) is 5.46. The number of ether oxygens (including phenoxy) is 1. The number of phosphoric ester groups is 1. The van der Waals surface area contributed by atoms with Crippen LogP contribution in [0.25, 0.3) is 16.8 Å². The average molecular weight is 367 g/mol. The highest BCUT2D eigenvalue weighted by molar-refractivity contribution is 7.47. The van der Waals surface area contributed by atoms with Gasteiger partial charge in [0.25, 0.3) is 0 Å². The van der Waals surface area contributed by atoms with Crippen molar-refractivity contribution in [3.8, 4) is 0 Å². The molecule has 0 amide bonds. The van der Waals surface area contributed by atoms with Crippen molar-refractivity contribution in [2.24, 2.45) is 0 Å². The van der Waals surface area contributed by atoms with Gasteiger partial charge in [-0.15, -0.1) is 0 Å². The summed E-state index contributed by atoms with van der Waals surface area (Å²) < 4.78 is 30.5. The molecule has 11 nitrogen and oxygen atoms in total. The van der Waals surface area contributed by atoms with Gasteiger partial charge < -0.3 is 14.7 Å². The highest BCUT2D eigenvalue weighted by Crippen LogP contribution is 2.52. The highest BCUT2D eigenvalue weighted by Gasteiger charge is 2.52. The molecule has 3 aromatic rings. The van der Waals surface area contributed by atoms with Gasteiger partial charge >= 0.3 is 7.82 Å². The van der Waals surface area contributed by atoms with Gasteiger partial charge in [0, 0.05) is 12.4 Å². The maximum Gasteiger partial charge on any atom is 0.472 e. The number of aryl methyl sites for hydroxylation is 1. The second-order valence-corrected chi connectivity index (χ2v) is 7.40. The molecule has 2 fully saturated rings. The summed E-state index contributed by atoms with van der Waals surface area (Å²) in [4.78, 5) is 22.6. The van der Waals surface area contributed by atoms with Gasteiger partial charge in [-0.1, -0.05) is 0 Å². The second-order valence-electron chi connectivity index (χ2n) is 5.99. The molecule has 0 radical (unpaired) electrons. The lowest BCUT2D eigenvalue weighted by atomic mass is 10.1. The number of rotatable bonds is 1. The van der Waals surface area contributed by atoms with Crippen molar-refractivity contribution in [3.63, 3.8) is 0 Å². The van der Waals surface area contributed by atoms with Crippen LogP contribution < -0.4 is 0 Å². The third-order valence-electron chi connectivity index (χ3n) is 4.48. The molecule has 0 saturated carbocycles. The largest absolute Gasteiger partial charge is 0.472 e. The molecule has 3 aromatic heterocycles. The van der Waals surface area contributed by atoms with Gasteiger partial charge in [0.2, 0.25) is 0 Å². The average Bonchev–Trinajstić information content (AvgIpc) is 3.25. The minimum atomic E-state index is -4.17. The molecule has 2 saturated heterocycles. The van der Waals surface area contributed by atoms with E-state index >= 15 is 0 Å². The predicted octanol–water partition coefficient (Wildman–Crippen LogP) is 0.162. The van der Waals surface area contributed by atoms with Crippen LogP contribution in [0.15, 0.2) is 18.7 Å². The van der Waals surface area contributed by atoms with Crippen LogP contribution in [-0.4, -0.2) is 58.8 Å². The minimum absolute atomic E-state index is 0.143. The van der Waals surface area contributed by atoms with Crippen LogP contribution in [-0.2, 0) is 18.3 Å². The number of nitrogens with zero attached hydrogens (tertiary/aromatic N) is 5. The van der Waals surface area contributed by atoms with Crippen molar-refractivity contribution in [1.29, 1.82) is 0 Å². The van der Waals surface area contributed by atoms with Crippen molar-refractivity contribution >= 4 is 24.6 Å². The third kappa shape index (κ3) is 2.18. The normalized spacial score (nSPS) is 35.5. The summed E-state index contributed by atoms with van der Waals surface area (Å²) in [7, 11) is -4.17. The number of fused-ring (bicyclic) bond motifs is 4. The number of imidazole rings is 2. The van der Waals surface area contributed by atoms with Gasteiger partial charge in [0.05, 0.1) is 12.9 Å². The molecular weight excluding hydrogens is 353 g/mol. The Bertz CT molecular complexity index is 1030. The van der Waals surface area contributed by atoms with E-state index in [2.05, 4.69) is 15.0 Å². The first-order valence-corrected chi connectivity index (χ1v) is 9.09. The van der Waals surface area contributed by atoms with Crippen molar-refractivity contribution in [2.75, 3.05) is 6.61 Å². The van der Waals surface area contributed by atoms with E-state index in [0.29, 0.717) is 22.6 Å². The lowest BCUT2D eigenvalue weighted by molar-refractivity contribution is -0.0664. The van der Waals surface area contributed by atoms with E-state index in [-0.39, 0.29) is 6.61 Å². The Hall–Kier alpha value is -1.88. The van der Waals surface area contributed by atoms with E-state index in [1.165, 1.54) is 6.33 Å². The molecule has 0 aromatic carbocycles. The fourth-order valence-corrected chi connectivity index (χ4v) is 4.29. The topological polar surface area (TPSA) is 133 Å². The van der Waals surface area contributed by atoms with E-state index in [0.717, 1.165) is 0 Å². The predicted molar refractivity (Wildman–Crippen MR) is 81.6 cm³/mol. The number of aliphatic hydroxyl groups is 1. The Morgan fingerprint density at radius 1 is 1.36 bits per heavy atom. The van der Waals surface area contributed by atoms with Crippen LogP contribution in [0.5, 0.6) is 0 Å². The Kier molecular flexibility index (Phi) is 3.12. The molecule has 0 aliphatic carbocycles. The van der Waals surface area contributed by atoms with Crippen molar-refractivity contribution in [1.82, 2.24) is 23.9 Å². The number of aliphatic hydroxyl groups excluding tert-OH is 1. The van der Waals surface area contributed by atoms with Crippen LogP contribution >= 0.6 is 7.82 Å². The molecule has 5 rings (SSSR count). The summed E-state index contributed by atoms with van der Waals surface area (Å²) in [5, 5.41) is 10.6. The quantitative estimate of drug-likeness (QED) is 0.577. The summed E-state index contributed by atoms with van der Waals surface area (Å²) in [5.41, 5.74) is 1.70.